The third kappa shape index (κ3) is 1.78. The first-order chi connectivity index (χ1) is 8.70. The molecule has 0 aromatic carbocycles. The average Bonchev–Trinajstić information content (AvgIpc) is 2.93. The van der Waals surface area contributed by atoms with Gasteiger partial charge in [0.25, 0.3) is 0 Å². The van der Waals surface area contributed by atoms with Gasteiger partial charge >= 0.3 is 0 Å². The van der Waals surface area contributed by atoms with E-state index >= 15 is 0 Å². The Balaban J connectivity index is 1.99. The van der Waals surface area contributed by atoms with Crippen molar-refractivity contribution in [2.24, 2.45) is 0 Å². The van der Waals surface area contributed by atoms with E-state index in [-0.39, 0.29) is 12.8 Å². The highest BCUT2D eigenvalue weighted by atomic mass is 35.5. The quantitative estimate of drug-likeness (QED) is 0.786. The molecule has 7 heteroatoms. The van der Waals surface area contributed by atoms with Gasteiger partial charge < -0.3 is 19.5 Å². The van der Waals surface area contributed by atoms with Crippen LogP contribution >= 0.6 is 11.6 Å². The minimum absolute atomic E-state index is 0.202. The van der Waals surface area contributed by atoms with Gasteiger partial charge in [0.05, 0.1) is 24.6 Å². The van der Waals surface area contributed by atoms with E-state index in [2.05, 4.69) is 9.97 Å². The van der Waals surface area contributed by atoms with Crippen molar-refractivity contribution in [3.05, 3.63) is 23.7 Å². The highest BCUT2D eigenvalue weighted by Crippen LogP contribution is 2.31. The molecule has 3 heterocycles. The van der Waals surface area contributed by atoms with E-state index in [1.807, 2.05) is 0 Å². The molecule has 6 nitrogen and oxygen atoms in total. The zero-order valence-corrected chi connectivity index (χ0v) is 10.2. The Morgan fingerprint density at radius 3 is 3.06 bits per heavy atom. The molecule has 0 saturated carbocycles. The SMILES string of the molecule is OCC1OC(n2cnc3c(Cl)nccc32)CC1O. The third-order valence-corrected chi connectivity index (χ3v) is 3.42. The summed E-state index contributed by atoms with van der Waals surface area (Å²) in [5.41, 5.74) is 1.40. The lowest BCUT2D eigenvalue weighted by molar-refractivity contribution is -0.0430. The smallest absolute Gasteiger partial charge is 0.156 e. The van der Waals surface area contributed by atoms with Gasteiger partial charge in [-0.3, -0.25) is 0 Å². The lowest BCUT2D eigenvalue weighted by Gasteiger charge is -2.13. The summed E-state index contributed by atoms with van der Waals surface area (Å²) in [5.74, 6) is 0. The average molecular weight is 270 g/mol. The minimum atomic E-state index is -0.672. The van der Waals surface area contributed by atoms with Crippen LogP contribution in [0.25, 0.3) is 11.0 Å². The van der Waals surface area contributed by atoms with Crippen molar-refractivity contribution in [1.82, 2.24) is 14.5 Å². The highest BCUT2D eigenvalue weighted by Gasteiger charge is 2.35. The van der Waals surface area contributed by atoms with E-state index in [1.54, 1.807) is 23.2 Å². The molecule has 0 radical (unpaired) electrons. The molecule has 2 N–H and O–H groups in total. The summed E-state index contributed by atoms with van der Waals surface area (Å²) in [5, 5.41) is 19.1. The van der Waals surface area contributed by atoms with Crippen LogP contribution < -0.4 is 0 Å². The number of aliphatic hydroxyl groups excluding tert-OH is 2. The fourth-order valence-corrected chi connectivity index (χ4v) is 2.41. The summed E-state index contributed by atoms with van der Waals surface area (Å²) in [6.45, 7) is -0.202. The van der Waals surface area contributed by atoms with Crippen LogP contribution in [0.4, 0.5) is 0 Å². The molecule has 0 spiro atoms. The van der Waals surface area contributed by atoms with Gasteiger partial charge in [-0.25, -0.2) is 9.97 Å². The monoisotopic (exact) mass is 269 g/mol. The maximum atomic E-state index is 9.73. The first-order valence-corrected chi connectivity index (χ1v) is 6.00. The summed E-state index contributed by atoms with van der Waals surface area (Å²) < 4.78 is 7.37. The van der Waals surface area contributed by atoms with Gasteiger partial charge in [0, 0.05) is 12.6 Å². The van der Waals surface area contributed by atoms with Crippen LogP contribution in [0.1, 0.15) is 12.6 Å². The molecule has 3 rings (SSSR count). The summed E-state index contributed by atoms with van der Waals surface area (Å²) in [6, 6.07) is 1.79. The number of nitrogens with zero attached hydrogens (tertiary/aromatic N) is 3. The van der Waals surface area contributed by atoms with Gasteiger partial charge in [-0.1, -0.05) is 11.6 Å². The summed E-state index contributed by atoms with van der Waals surface area (Å²) in [4.78, 5) is 8.14. The van der Waals surface area contributed by atoms with Crippen molar-refractivity contribution in [3.63, 3.8) is 0 Å². The van der Waals surface area contributed by atoms with Crippen molar-refractivity contribution in [1.29, 1.82) is 0 Å². The van der Waals surface area contributed by atoms with E-state index in [4.69, 9.17) is 21.4 Å². The molecule has 1 saturated heterocycles. The second-order valence-corrected chi connectivity index (χ2v) is 4.59. The Kier molecular flexibility index (Phi) is 2.95. The van der Waals surface area contributed by atoms with E-state index in [9.17, 15) is 5.11 Å². The molecule has 1 aliphatic rings. The minimum Gasteiger partial charge on any atom is -0.394 e. The molecule has 18 heavy (non-hydrogen) atoms. The number of rotatable bonds is 2. The maximum absolute atomic E-state index is 9.73. The van der Waals surface area contributed by atoms with Crippen molar-refractivity contribution in [2.75, 3.05) is 6.61 Å². The van der Waals surface area contributed by atoms with E-state index < -0.39 is 12.2 Å². The van der Waals surface area contributed by atoms with Crippen molar-refractivity contribution in [3.8, 4) is 0 Å². The van der Waals surface area contributed by atoms with E-state index in [0.717, 1.165) is 5.52 Å². The van der Waals surface area contributed by atoms with Gasteiger partial charge in [-0.15, -0.1) is 0 Å². The Morgan fingerprint density at radius 2 is 2.33 bits per heavy atom. The number of halogens is 1. The van der Waals surface area contributed by atoms with Crippen LogP contribution in [-0.4, -0.2) is 43.6 Å². The Labute approximate surface area is 108 Å². The number of aromatic nitrogens is 3. The second-order valence-electron chi connectivity index (χ2n) is 4.24. The first-order valence-electron chi connectivity index (χ1n) is 5.62. The van der Waals surface area contributed by atoms with Crippen LogP contribution in [0.3, 0.4) is 0 Å². The second kappa shape index (κ2) is 4.47. The number of imidazole rings is 1. The van der Waals surface area contributed by atoms with Crippen LogP contribution in [0.5, 0.6) is 0 Å². The molecule has 0 bridgehead atoms. The van der Waals surface area contributed by atoms with Crippen molar-refractivity contribution >= 4 is 22.6 Å². The first kappa shape index (κ1) is 11.9. The molecule has 96 valence electrons. The van der Waals surface area contributed by atoms with Crippen molar-refractivity contribution in [2.45, 2.75) is 24.9 Å². The summed E-state index contributed by atoms with van der Waals surface area (Å²) >= 11 is 5.94. The van der Waals surface area contributed by atoms with Crippen LogP contribution in [0.15, 0.2) is 18.6 Å². The molecule has 0 amide bonds. The zero-order chi connectivity index (χ0) is 12.7. The molecular formula is C11H12ClN3O3. The van der Waals surface area contributed by atoms with Gasteiger partial charge in [-0.05, 0) is 6.07 Å². The number of fused-ring (bicyclic) bond motifs is 1. The molecule has 3 atom stereocenters. The zero-order valence-electron chi connectivity index (χ0n) is 9.40. The highest BCUT2D eigenvalue weighted by molar-refractivity contribution is 6.33. The maximum Gasteiger partial charge on any atom is 0.156 e. The number of hydrogen-bond acceptors (Lipinski definition) is 5. The number of ether oxygens (including phenoxy) is 1. The van der Waals surface area contributed by atoms with Crippen molar-refractivity contribution < 1.29 is 14.9 Å². The topological polar surface area (TPSA) is 80.4 Å². The largest absolute Gasteiger partial charge is 0.394 e. The Morgan fingerprint density at radius 1 is 1.50 bits per heavy atom. The summed E-state index contributed by atoms with van der Waals surface area (Å²) in [7, 11) is 0. The van der Waals surface area contributed by atoms with E-state index in [0.29, 0.717) is 17.1 Å². The fourth-order valence-electron chi connectivity index (χ4n) is 2.21. The molecule has 3 unspecified atom stereocenters. The number of aliphatic hydroxyl groups is 2. The number of hydrogen-bond donors (Lipinski definition) is 2. The predicted octanol–water partition coefficient (Wildman–Crippen LogP) is 0.725. The van der Waals surface area contributed by atoms with Crippen LogP contribution in [0.2, 0.25) is 5.15 Å². The fraction of sp³-hybridized carbons (Fsp3) is 0.455. The lowest BCUT2D eigenvalue weighted by Crippen LogP contribution is -2.24. The summed E-state index contributed by atoms with van der Waals surface area (Å²) in [6.07, 6.45) is 2.05. The molecule has 2 aromatic rings. The molecule has 0 aliphatic carbocycles. The lowest BCUT2D eigenvalue weighted by atomic mass is 10.2. The molecule has 1 aliphatic heterocycles. The number of pyridine rings is 1. The predicted molar refractivity (Wildman–Crippen MR) is 64.2 cm³/mol. The molecular weight excluding hydrogens is 258 g/mol. The third-order valence-electron chi connectivity index (χ3n) is 3.14. The normalized spacial score (nSPS) is 28.1. The van der Waals surface area contributed by atoms with Crippen LogP contribution in [0, 0.1) is 0 Å². The van der Waals surface area contributed by atoms with Gasteiger partial charge in [0.1, 0.15) is 17.8 Å². The standard InChI is InChI=1S/C11H12ClN3O3/c12-11-10-6(1-2-13-11)15(5-14-10)9-3-7(17)8(4-16)18-9/h1-2,5,7-9,16-17H,3-4H2. The Hall–Kier alpha value is -1.21. The Bertz CT molecular complexity index is 574. The van der Waals surface area contributed by atoms with Crippen LogP contribution in [-0.2, 0) is 4.74 Å². The molecule has 2 aromatic heterocycles. The van der Waals surface area contributed by atoms with E-state index in [1.165, 1.54) is 0 Å². The van der Waals surface area contributed by atoms with Gasteiger partial charge in [0.2, 0.25) is 0 Å². The van der Waals surface area contributed by atoms with Gasteiger partial charge in [-0.2, -0.15) is 0 Å². The molecule has 1 fully saturated rings. The van der Waals surface area contributed by atoms with Gasteiger partial charge in [0.15, 0.2) is 5.15 Å².